The van der Waals surface area contributed by atoms with Gasteiger partial charge in [0.1, 0.15) is 0 Å². The number of carbonyl (C=O) groups excluding carboxylic acids is 1. The van der Waals surface area contributed by atoms with Gasteiger partial charge in [-0.05, 0) is 32.7 Å². The van der Waals surface area contributed by atoms with E-state index in [2.05, 4.69) is 5.32 Å². The normalized spacial score (nSPS) is 44.3. The maximum atomic E-state index is 12.0. The van der Waals surface area contributed by atoms with Crippen LogP contribution in [0.4, 0.5) is 0 Å². The first-order valence-electron chi connectivity index (χ1n) is 5.93. The van der Waals surface area contributed by atoms with Crippen molar-refractivity contribution in [3.63, 3.8) is 0 Å². The zero-order chi connectivity index (χ0) is 10.4. The minimum Gasteiger partial charge on any atom is -0.373 e. The Hall–Kier alpha value is -0.610. The summed E-state index contributed by atoms with van der Waals surface area (Å²) in [6.45, 7) is 0.904. The molecule has 4 unspecified atom stereocenters. The van der Waals surface area contributed by atoms with E-state index in [1.54, 1.807) is 0 Å². The SMILES string of the molecule is CNC1CCN(C2CC3CCC2O3)C1=O. The minimum absolute atomic E-state index is 0.0455. The molecule has 4 nitrogen and oxygen atoms in total. The van der Waals surface area contributed by atoms with Crippen molar-refractivity contribution in [3.8, 4) is 0 Å². The zero-order valence-electron chi connectivity index (χ0n) is 9.11. The molecule has 15 heavy (non-hydrogen) atoms. The highest BCUT2D eigenvalue weighted by molar-refractivity contribution is 5.84. The molecular weight excluding hydrogens is 192 g/mol. The molecule has 1 N–H and O–H groups in total. The molecule has 3 fully saturated rings. The predicted molar refractivity (Wildman–Crippen MR) is 55.5 cm³/mol. The summed E-state index contributed by atoms with van der Waals surface area (Å²) in [5.74, 6) is 0.277. The molecule has 3 aliphatic rings. The van der Waals surface area contributed by atoms with Crippen molar-refractivity contribution in [3.05, 3.63) is 0 Å². The van der Waals surface area contributed by atoms with Gasteiger partial charge in [-0.25, -0.2) is 0 Å². The first-order valence-corrected chi connectivity index (χ1v) is 5.93. The molecule has 3 aliphatic heterocycles. The number of likely N-dealkylation sites (tertiary alicyclic amines) is 1. The lowest BCUT2D eigenvalue weighted by Crippen LogP contribution is -2.46. The highest BCUT2D eigenvalue weighted by Gasteiger charge is 2.47. The van der Waals surface area contributed by atoms with Gasteiger partial charge >= 0.3 is 0 Å². The van der Waals surface area contributed by atoms with E-state index in [0.29, 0.717) is 18.2 Å². The van der Waals surface area contributed by atoms with Gasteiger partial charge in [0.2, 0.25) is 5.91 Å². The van der Waals surface area contributed by atoms with E-state index in [1.165, 1.54) is 6.42 Å². The summed E-state index contributed by atoms with van der Waals surface area (Å²) >= 11 is 0. The van der Waals surface area contributed by atoms with Crippen molar-refractivity contribution >= 4 is 5.91 Å². The smallest absolute Gasteiger partial charge is 0.240 e. The maximum Gasteiger partial charge on any atom is 0.240 e. The van der Waals surface area contributed by atoms with Crippen LogP contribution in [0.25, 0.3) is 0 Å². The fourth-order valence-electron chi connectivity index (χ4n) is 3.24. The Kier molecular flexibility index (Phi) is 2.21. The molecule has 1 amide bonds. The zero-order valence-corrected chi connectivity index (χ0v) is 9.11. The van der Waals surface area contributed by atoms with Crippen LogP contribution in [0.3, 0.4) is 0 Å². The van der Waals surface area contributed by atoms with Crippen molar-refractivity contribution in [1.29, 1.82) is 0 Å². The second kappa shape index (κ2) is 3.46. The molecule has 0 saturated carbocycles. The molecule has 3 saturated heterocycles. The van der Waals surface area contributed by atoms with Crippen LogP contribution in [-0.4, -0.2) is 48.7 Å². The monoisotopic (exact) mass is 210 g/mol. The molecule has 3 rings (SSSR count). The van der Waals surface area contributed by atoms with Crippen LogP contribution in [0.15, 0.2) is 0 Å². The first kappa shape index (κ1) is 9.60. The summed E-state index contributed by atoms with van der Waals surface area (Å²) in [6.07, 6.45) is 5.11. The highest BCUT2D eigenvalue weighted by atomic mass is 16.5. The number of amides is 1. The average molecular weight is 210 g/mol. The summed E-state index contributed by atoms with van der Waals surface area (Å²) in [4.78, 5) is 14.1. The Morgan fingerprint density at radius 1 is 1.40 bits per heavy atom. The van der Waals surface area contributed by atoms with Gasteiger partial charge in [-0.1, -0.05) is 0 Å². The fourth-order valence-corrected chi connectivity index (χ4v) is 3.24. The summed E-state index contributed by atoms with van der Waals surface area (Å²) < 4.78 is 5.80. The molecule has 0 aromatic rings. The van der Waals surface area contributed by atoms with Gasteiger partial charge in [0.15, 0.2) is 0 Å². The van der Waals surface area contributed by atoms with Crippen LogP contribution in [-0.2, 0) is 9.53 Å². The fraction of sp³-hybridized carbons (Fsp3) is 0.909. The molecule has 0 spiro atoms. The molecule has 4 heteroatoms. The van der Waals surface area contributed by atoms with Crippen LogP contribution in [0.5, 0.6) is 0 Å². The van der Waals surface area contributed by atoms with E-state index < -0.39 is 0 Å². The van der Waals surface area contributed by atoms with Gasteiger partial charge in [-0.2, -0.15) is 0 Å². The molecule has 84 valence electrons. The number of likely N-dealkylation sites (N-methyl/N-ethyl adjacent to an activating group) is 1. The van der Waals surface area contributed by atoms with Crippen LogP contribution < -0.4 is 5.32 Å². The summed E-state index contributed by atoms with van der Waals surface area (Å²) in [5.41, 5.74) is 0. The molecule has 0 radical (unpaired) electrons. The number of rotatable bonds is 2. The van der Waals surface area contributed by atoms with Crippen molar-refractivity contribution in [2.24, 2.45) is 0 Å². The second-order valence-corrected chi connectivity index (χ2v) is 4.84. The van der Waals surface area contributed by atoms with Gasteiger partial charge in [0, 0.05) is 6.54 Å². The Morgan fingerprint density at radius 3 is 2.80 bits per heavy atom. The van der Waals surface area contributed by atoms with E-state index in [0.717, 1.165) is 25.8 Å². The number of nitrogens with one attached hydrogen (secondary N) is 1. The minimum atomic E-state index is 0.0455. The predicted octanol–water partition coefficient (Wildman–Crippen LogP) is 0.127. The number of hydrogen-bond donors (Lipinski definition) is 1. The molecule has 3 heterocycles. The third-order valence-electron chi connectivity index (χ3n) is 4.06. The summed E-state index contributed by atoms with van der Waals surface area (Å²) in [5, 5.41) is 3.08. The molecule has 4 atom stereocenters. The van der Waals surface area contributed by atoms with Gasteiger partial charge < -0.3 is 15.0 Å². The number of nitrogens with zero attached hydrogens (tertiary/aromatic N) is 1. The molecule has 0 aromatic carbocycles. The van der Waals surface area contributed by atoms with Crippen molar-refractivity contribution in [2.75, 3.05) is 13.6 Å². The van der Waals surface area contributed by atoms with Gasteiger partial charge in [0.05, 0.1) is 24.3 Å². The third-order valence-corrected chi connectivity index (χ3v) is 4.06. The van der Waals surface area contributed by atoms with E-state index in [4.69, 9.17) is 4.74 Å². The van der Waals surface area contributed by atoms with Crippen molar-refractivity contribution in [1.82, 2.24) is 10.2 Å². The maximum absolute atomic E-state index is 12.0. The largest absolute Gasteiger partial charge is 0.373 e. The van der Waals surface area contributed by atoms with Crippen LogP contribution >= 0.6 is 0 Å². The quantitative estimate of drug-likeness (QED) is 0.704. The number of ether oxygens (including phenoxy) is 1. The van der Waals surface area contributed by atoms with Crippen LogP contribution in [0.2, 0.25) is 0 Å². The van der Waals surface area contributed by atoms with Crippen molar-refractivity contribution in [2.45, 2.75) is 50.0 Å². The Balaban J connectivity index is 1.71. The summed E-state index contributed by atoms with van der Waals surface area (Å²) in [6, 6.07) is 0.415. The lowest BCUT2D eigenvalue weighted by Gasteiger charge is -2.29. The highest BCUT2D eigenvalue weighted by Crippen LogP contribution is 2.38. The van der Waals surface area contributed by atoms with E-state index in [1.807, 2.05) is 11.9 Å². The molecule has 0 aromatic heterocycles. The summed E-state index contributed by atoms with van der Waals surface area (Å²) in [7, 11) is 1.86. The second-order valence-electron chi connectivity index (χ2n) is 4.84. The Bertz CT molecular complexity index is 282. The standard InChI is InChI=1S/C11H18N2O2/c1-12-8-4-5-13(11(8)14)9-6-7-2-3-10(9)15-7/h7-10,12H,2-6H2,1H3. The van der Waals surface area contributed by atoms with Gasteiger partial charge in [-0.3, -0.25) is 4.79 Å². The molecule has 2 bridgehead atoms. The molecular formula is C11H18N2O2. The van der Waals surface area contributed by atoms with Crippen LogP contribution in [0, 0.1) is 0 Å². The Labute approximate surface area is 90.0 Å². The van der Waals surface area contributed by atoms with Crippen LogP contribution in [0.1, 0.15) is 25.7 Å². The third kappa shape index (κ3) is 1.39. The average Bonchev–Trinajstić information content (AvgIpc) is 2.91. The Morgan fingerprint density at radius 2 is 2.27 bits per heavy atom. The van der Waals surface area contributed by atoms with Gasteiger partial charge in [-0.15, -0.1) is 0 Å². The number of hydrogen-bond acceptors (Lipinski definition) is 3. The lowest BCUT2D eigenvalue weighted by atomic mass is 9.94. The molecule has 0 aliphatic carbocycles. The van der Waals surface area contributed by atoms with E-state index in [-0.39, 0.29) is 11.9 Å². The topological polar surface area (TPSA) is 41.6 Å². The number of fused-ring (bicyclic) bond motifs is 2. The van der Waals surface area contributed by atoms with Crippen molar-refractivity contribution < 1.29 is 9.53 Å². The van der Waals surface area contributed by atoms with E-state index in [9.17, 15) is 4.79 Å². The lowest BCUT2D eigenvalue weighted by molar-refractivity contribution is -0.132. The van der Waals surface area contributed by atoms with Gasteiger partial charge in [0.25, 0.3) is 0 Å². The number of carbonyl (C=O) groups is 1. The van der Waals surface area contributed by atoms with E-state index >= 15 is 0 Å². The first-order chi connectivity index (χ1) is 7.29.